The van der Waals surface area contributed by atoms with Crippen molar-refractivity contribution >= 4 is 23.2 Å². The highest BCUT2D eigenvalue weighted by atomic mass is 16.2. The van der Waals surface area contributed by atoms with E-state index in [-0.39, 0.29) is 17.9 Å². The van der Waals surface area contributed by atoms with E-state index in [9.17, 15) is 9.59 Å². The second-order valence-corrected chi connectivity index (χ2v) is 7.75. The van der Waals surface area contributed by atoms with Crippen LogP contribution in [0.25, 0.3) is 0 Å². The first-order valence-electron chi connectivity index (χ1n) is 9.97. The van der Waals surface area contributed by atoms with Gasteiger partial charge in [-0.05, 0) is 67.6 Å². The van der Waals surface area contributed by atoms with Crippen molar-refractivity contribution < 1.29 is 9.59 Å². The summed E-state index contributed by atoms with van der Waals surface area (Å²) in [5.41, 5.74) is 5.16. The number of benzene rings is 1. The second-order valence-electron chi connectivity index (χ2n) is 7.75. The summed E-state index contributed by atoms with van der Waals surface area (Å²) in [6.07, 6.45) is 8.38. The maximum Gasteiger partial charge on any atom is 0.277 e. The Kier molecular flexibility index (Phi) is 4.19. The lowest BCUT2D eigenvalue weighted by Gasteiger charge is -2.33. The van der Waals surface area contributed by atoms with Crippen LogP contribution in [0.3, 0.4) is 0 Å². The zero-order valence-corrected chi connectivity index (χ0v) is 16.3. The average Bonchev–Trinajstić information content (AvgIpc) is 3.38. The lowest BCUT2D eigenvalue weighted by molar-refractivity contribution is 0.0958. The first-order valence-corrected chi connectivity index (χ1v) is 9.97. The topological polar surface area (TPSA) is 67.2 Å². The Morgan fingerprint density at radius 2 is 2.03 bits per heavy atom. The van der Waals surface area contributed by atoms with E-state index >= 15 is 0 Å². The number of nitrogens with one attached hydrogen (secondary N) is 1. The van der Waals surface area contributed by atoms with Crippen LogP contribution in [0.15, 0.2) is 55.0 Å². The molecule has 6 heteroatoms. The third-order valence-electron chi connectivity index (χ3n) is 5.85. The minimum Gasteiger partial charge on any atom is -0.337 e. The molecule has 1 atom stereocenters. The summed E-state index contributed by atoms with van der Waals surface area (Å²) in [6.45, 7) is 2.69. The average molecular weight is 386 g/mol. The lowest BCUT2D eigenvalue weighted by Crippen LogP contribution is -2.42. The van der Waals surface area contributed by atoms with Gasteiger partial charge >= 0.3 is 0 Å². The van der Waals surface area contributed by atoms with Crippen LogP contribution >= 0.6 is 0 Å². The number of amides is 2. The molecule has 146 valence electrons. The first-order chi connectivity index (χ1) is 14.1. The number of carbonyl (C=O) groups is 2. The van der Waals surface area contributed by atoms with Crippen molar-refractivity contribution in [3.8, 4) is 0 Å². The van der Waals surface area contributed by atoms with Crippen LogP contribution in [0, 0.1) is 0 Å². The molecule has 0 radical (unpaired) electrons. The number of fused-ring (bicyclic) bond motifs is 2. The van der Waals surface area contributed by atoms with E-state index in [0.29, 0.717) is 23.5 Å². The van der Waals surface area contributed by atoms with Crippen LogP contribution in [0.5, 0.6) is 0 Å². The van der Waals surface area contributed by atoms with Crippen molar-refractivity contribution in [2.45, 2.75) is 32.2 Å². The number of aryl methyl sites for hydroxylation is 2. The minimum atomic E-state index is -0.276. The van der Waals surface area contributed by atoms with Crippen LogP contribution in [0.2, 0.25) is 0 Å². The van der Waals surface area contributed by atoms with Crippen LogP contribution in [-0.2, 0) is 12.8 Å². The molecule has 1 aliphatic heterocycles. The van der Waals surface area contributed by atoms with Gasteiger partial charge in [0, 0.05) is 36.9 Å². The predicted molar refractivity (Wildman–Crippen MR) is 111 cm³/mol. The largest absolute Gasteiger partial charge is 0.337 e. The van der Waals surface area contributed by atoms with Crippen LogP contribution < -0.4 is 10.2 Å². The van der Waals surface area contributed by atoms with Crippen LogP contribution in [-0.4, -0.2) is 27.9 Å². The molecule has 2 aliphatic rings. The van der Waals surface area contributed by atoms with Crippen molar-refractivity contribution in [1.82, 2.24) is 9.55 Å². The number of nitrogens with zero attached hydrogens (tertiary/aromatic N) is 3. The highest BCUT2D eigenvalue weighted by Crippen LogP contribution is 2.33. The predicted octanol–water partition coefficient (Wildman–Crippen LogP) is 3.85. The molecule has 1 aromatic carbocycles. The van der Waals surface area contributed by atoms with Crippen molar-refractivity contribution in [1.29, 1.82) is 0 Å². The Morgan fingerprint density at radius 1 is 1.17 bits per heavy atom. The third kappa shape index (κ3) is 3.01. The van der Waals surface area contributed by atoms with Gasteiger partial charge in [0.1, 0.15) is 5.69 Å². The second kappa shape index (κ2) is 6.88. The summed E-state index contributed by atoms with van der Waals surface area (Å²) < 4.78 is 1.95. The standard InChI is InChI=1S/C23H22N4O2/c1-15-14-27(19-8-7-16-4-2-5-17(16)12-19)23(29)21-20(9-11-26(15)21)25-22(28)18-6-3-10-24-13-18/h3,6-13,15H,2,4-5,14H2,1H3,(H,25,28)/t15-/m0/s1. The molecule has 2 amide bonds. The number of pyridine rings is 1. The maximum atomic E-state index is 13.4. The Hall–Kier alpha value is -3.41. The number of hydrogen-bond donors (Lipinski definition) is 1. The van der Waals surface area contributed by atoms with Crippen molar-refractivity contribution in [3.05, 3.63) is 77.4 Å². The summed E-state index contributed by atoms with van der Waals surface area (Å²) in [6, 6.07) is 11.7. The molecule has 0 saturated heterocycles. The molecule has 2 aromatic heterocycles. The van der Waals surface area contributed by atoms with Gasteiger partial charge in [-0.2, -0.15) is 0 Å². The SMILES string of the molecule is C[C@H]1CN(c2ccc3c(c2)CCC3)C(=O)c2c(NC(=O)c3cccnc3)ccn21. The van der Waals surface area contributed by atoms with E-state index in [4.69, 9.17) is 0 Å². The van der Waals surface area contributed by atoms with Gasteiger partial charge in [0.15, 0.2) is 0 Å². The summed E-state index contributed by atoms with van der Waals surface area (Å²) in [4.78, 5) is 31.8. The maximum absolute atomic E-state index is 13.4. The van der Waals surface area contributed by atoms with Gasteiger partial charge in [-0.15, -0.1) is 0 Å². The summed E-state index contributed by atoms with van der Waals surface area (Å²) in [7, 11) is 0. The molecule has 29 heavy (non-hydrogen) atoms. The smallest absolute Gasteiger partial charge is 0.277 e. The van der Waals surface area contributed by atoms with Gasteiger partial charge in [0.05, 0.1) is 11.3 Å². The van der Waals surface area contributed by atoms with Gasteiger partial charge in [0.2, 0.25) is 0 Å². The lowest BCUT2D eigenvalue weighted by atomic mass is 10.1. The van der Waals surface area contributed by atoms with E-state index in [2.05, 4.69) is 29.4 Å². The van der Waals surface area contributed by atoms with Gasteiger partial charge < -0.3 is 14.8 Å². The molecular formula is C23H22N4O2. The van der Waals surface area contributed by atoms with E-state index in [1.165, 1.54) is 23.7 Å². The molecule has 1 aliphatic carbocycles. The molecule has 3 aromatic rings. The fraction of sp³-hybridized carbons (Fsp3) is 0.261. The molecule has 0 unspecified atom stereocenters. The Labute approximate surface area is 169 Å². The number of aromatic nitrogens is 2. The highest BCUT2D eigenvalue weighted by molar-refractivity contribution is 6.13. The zero-order chi connectivity index (χ0) is 20.0. The van der Waals surface area contributed by atoms with E-state index < -0.39 is 0 Å². The van der Waals surface area contributed by atoms with Gasteiger partial charge in [-0.3, -0.25) is 14.6 Å². The summed E-state index contributed by atoms with van der Waals surface area (Å²) in [5.74, 6) is -0.366. The van der Waals surface area contributed by atoms with Crippen molar-refractivity contribution in [2.24, 2.45) is 0 Å². The summed E-state index contributed by atoms with van der Waals surface area (Å²) in [5, 5.41) is 2.88. The Bertz CT molecular complexity index is 1100. The quantitative estimate of drug-likeness (QED) is 0.744. The van der Waals surface area contributed by atoms with Crippen molar-refractivity contribution in [2.75, 3.05) is 16.8 Å². The molecule has 0 saturated carbocycles. The fourth-order valence-corrected chi connectivity index (χ4v) is 4.34. The number of anilines is 2. The Balaban J connectivity index is 1.47. The number of rotatable bonds is 3. The molecule has 5 rings (SSSR count). The van der Waals surface area contributed by atoms with Gasteiger partial charge in [-0.1, -0.05) is 6.07 Å². The van der Waals surface area contributed by atoms with E-state index in [1.807, 2.05) is 21.7 Å². The van der Waals surface area contributed by atoms with Gasteiger partial charge in [-0.25, -0.2) is 0 Å². The molecule has 0 spiro atoms. The van der Waals surface area contributed by atoms with Crippen LogP contribution in [0.1, 0.15) is 51.4 Å². The normalized spacial score (nSPS) is 17.8. The molecule has 1 N–H and O–H groups in total. The highest BCUT2D eigenvalue weighted by Gasteiger charge is 2.33. The minimum absolute atomic E-state index is 0.0902. The van der Waals surface area contributed by atoms with Gasteiger partial charge in [0.25, 0.3) is 11.8 Å². The van der Waals surface area contributed by atoms with Crippen LogP contribution in [0.4, 0.5) is 11.4 Å². The summed E-state index contributed by atoms with van der Waals surface area (Å²) >= 11 is 0. The van der Waals surface area contributed by atoms with E-state index in [1.54, 1.807) is 24.4 Å². The molecular weight excluding hydrogens is 364 g/mol. The van der Waals surface area contributed by atoms with E-state index in [0.717, 1.165) is 18.5 Å². The monoisotopic (exact) mass is 386 g/mol. The number of carbonyl (C=O) groups excluding carboxylic acids is 2. The molecule has 0 bridgehead atoms. The zero-order valence-electron chi connectivity index (χ0n) is 16.3. The fourth-order valence-electron chi connectivity index (χ4n) is 4.34. The van der Waals surface area contributed by atoms with Crippen molar-refractivity contribution in [3.63, 3.8) is 0 Å². The first kappa shape index (κ1) is 17.7. The Morgan fingerprint density at radius 3 is 2.86 bits per heavy atom. The number of hydrogen-bond acceptors (Lipinski definition) is 3. The molecule has 3 heterocycles. The molecule has 0 fully saturated rings. The third-order valence-corrected chi connectivity index (χ3v) is 5.85. The molecule has 6 nitrogen and oxygen atoms in total.